The van der Waals surface area contributed by atoms with Gasteiger partial charge < -0.3 is 10.2 Å². The first-order valence-electron chi connectivity index (χ1n) is 10.2. The van der Waals surface area contributed by atoms with Gasteiger partial charge in [0.2, 0.25) is 5.95 Å². The van der Waals surface area contributed by atoms with E-state index >= 15 is 0 Å². The molecule has 3 N–H and O–H groups in total. The maximum absolute atomic E-state index is 13.7. The zero-order chi connectivity index (χ0) is 20.2. The van der Waals surface area contributed by atoms with Gasteiger partial charge in [0, 0.05) is 50.5 Å². The highest BCUT2D eigenvalue weighted by atomic mass is 19.1. The lowest BCUT2D eigenvalue weighted by Crippen LogP contribution is -2.45. The van der Waals surface area contributed by atoms with Crippen molar-refractivity contribution in [3.63, 3.8) is 0 Å². The Kier molecular flexibility index (Phi) is 6.01. The van der Waals surface area contributed by atoms with Crippen LogP contribution in [-0.2, 0) is 0 Å². The summed E-state index contributed by atoms with van der Waals surface area (Å²) in [5.41, 5.74) is 8.16. The number of benzene rings is 1. The van der Waals surface area contributed by atoms with Gasteiger partial charge in [-0.15, -0.1) is 0 Å². The molecule has 2 aromatic rings. The molecular weight excluding hydrogens is 371 g/mol. The first kappa shape index (κ1) is 19.7. The number of hydrogen-bond donors (Lipinski definition) is 3. The molecule has 1 aromatic carbocycles. The summed E-state index contributed by atoms with van der Waals surface area (Å²) in [5, 5.41) is 3.03. The molecule has 2 saturated heterocycles. The molecule has 2 aliphatic heterocycles. The molecule has 7 nitrogen and oxygen atoms in total. The number of halogens is 1. The van der Waals surface area contributed by atoms with Crippen LogP contribution >= 0.6 is 0 Å². The number of rotatable bonds is 5. The lowest BCUT2D eigenvalue weighted by atomic mass is 9.80. The van der Waals surface area contributed by atoms with Gasteiger partial charge in [-0.1, -0.05) is 12.1 Å². The monoisotopic (exact) mass is 398 g/mol. The largest absolute Gasteiger partial charge is 0.355 e. The van der Waals surface area contributed by atoms with Crippen LogP contribution < -0.4 is 16.2 Å². The van der Waals surface area contributed by atoms with Gasteiger partial charge in [0.05, 0.1) is 5.56 Å². The molecule has 0 aliphatic carbocycles. The quantitative estimate of drug-likeness (QED) is 0.716. The maximum atomic E-state index is 13.7. The fourth-order valence-electron chi connectivity index (χ4n) is 4.36. The van der Waals surface area contributed by atoms with Crippen molar-refractivity contribution in [3.05, 3.63) is 53.6 Å². The minimum Gasteiger partial charge on any atom is -0.355 e. The number of hydrogen-bond acceptors (Lipinski definition) is 6. The average Bonchev–Trinajstić information content (AvgIpc) is 3.24. The summed E-state index contributed by atoms with van der Waals surface area (Å²) in [6.45, 7) is 4.89. The fraction of sp³-hybridized carbons (Fsp3) is 0.476. The van der Waals surface area contributed by atoms with Crippen molar-refractivity contribution >= 4 is 11.9 Å². The number of nitrogens with one attached hydrogen (secondary N) is 3. The SMILES string of the molecule is CCNc1ncc(C(=O)N2CCC(C3NNCC3c3cccc(F)c3)CC2)cn1. The van der Waals surface area contributed by atoms with E-state index in [1.807, 2.05) is 17.9 Å². The predicted octanol–water partition coefficient (Wildman–Crippen LogP) is 2.16. The van der Waals surface area contributed by atoms with Gasteiger partial charge >= 0.3 is 0 Å². The maximum Gasteiger partial charge on any atom is 0.256 e. The number of piperidine rings is 1. The molecule has 154 valence electrons. The number of anilines is 1. The van der Waals surface area contributed by atoms with Crippen molar-refractivity contribution in [1.82, 2.24) is 25.7 Å². The van der Waals surface area contributed by atoms with E-state index in [-0.39, 0.29) is 23.7 Å². The molecule has 1 amide bonds. The summed E-state index contributed by atoms with van der Waals surface area (Å²) < 4.78 is 13.7. The van der Waals surface area contributed by atoms with E-state index in [9.17, 15) is 9.18 Å². The first-order valence-corrected chi connectivity index (χ1v) is 10.2. The van der Waals surface area contributed by atoms with Crippen LogP contribution in [0.25, 0.3) is 0 Å². The first-order chi connectivity index (χ1) is 14.2. The number of hydrazine groups is 1. The smallest absolute Gasteiger partial charge is 0.256 e. The Morgan fingerprint density at radius 3 is 2.72 bits per heavy atom. The number of carbonyl (C=O) groups is 1. The Hall–Kier alpha value is -2.58. The van der Waals surface area contributed by atoms with Gasteiger partial charge in [-0.25, -0.2) is 14.4 Å². The van der Waals surface area contributed by atoms with Crippen LogP contribution in [0.15, 0.2) is 36.7 Å². The van der Waals surface area contributed by atoms with Crippen LogP contribution in [0.3, 0.4) is 0 Å². The van der Waals surface area contributed by atoms with Crippen molar-refractivity contribution in [2.75, 3.05) is 31.5 Å². The highest BCUT2D eigenvalue weighted by molar-refractivity contribution is 5.93. The van der Waals surface area contributed by atoms with Crippen LogP contribution in [0, 0.1) is 11.7 Å². The normalized spacial score (nSPS) is 22.6. The van der Waals surface area contributed by atoms with Gasteiger partial charge in [-0.05, 0) is 43.4 Å². The van der Waals surface area contributed by atoms with Crippen LogP contribution in [0.1, 0.15) is 41.6 Å². The van der Waals surface area contributed by atoms with Crippen LogP contribution in [0.4, 0.5) is 10.3 Å². The standard InChI is InChI=1S/C21H27FN6O/c1-2-23-21-24-11-16(12-25-21)20(29)28-8-6-14(7-9-28)19-18(13-26-27-19)15-4-3-5-17(22)10-15/h3-5,10-12,14,18-19,26-27H,2,6-9,13H2,1H3,(H,23,24,25). The summed E-state index contributed by atoms with van der Waals surface area (Å²) in [4.78, 5) is 23.0. The highest BCUT2D eigenvalue weighted by Gasteiger charge is 2.37. The Bertz CT molecular complexity index is 837. The third-order valence-corrected chi connectivity index (χ3v) is 5.87. The summed E-state index contributed by atoms with van der Waals surface area (Å²) in [5.74, 6) is 0.965. The lowest BCUT2D eigenvalue weighted by molar-refractivity contribution is 0.0669. The molecule has 8 heteroatoms. The molecular formula is C21H27FN6O. The molecule has 2 aliphatic rings. The number of likely N-dealkylation sites (tertiary alicyclic amines) is 1. The summed E-state index contributed by atoms with van der Waals surface area (Å²) in [6, 6.07) is 7.10. The van der Waals surface area contributed by atoms with E-state index in [1.165, 1.54) is 6.07 Å². The molecule has 2 fully saturated rings. The molecule has 0 saturated carbocycles. The topological polar surface area (TPSA) is 82.2 Å². The molecule has 0 bridgehead atoms. The molecule has 4 rings (SSSR count). The molecule has 2 unspecified atom stereocenters. The third-order valence-electron chi connectivity index (χ3n) is 5.87. The minimum absolute atomic E-state index is 0.0225. The second-order valence-electron chi connectivity index (χ2n) is 7.67. The molecule has 3 heterocycles. The van der Waals surface area contributed by atoms with Crippen LogP contribution in [0.2, 0.25) is 0 Å². The molecule has 0 spiro atoms. The predicted molar refractivity (Wildman–Crippen MR) is 109 cm³/mol. The van der Waals surface area contributed by atoms with Crippen molar-refractivity contribution < 1.29 is 9.18 Å². The summed E-state index contributed by atoms with van der Waals surface area (Å²) in [7, 11) is 0. The van der Waals surface area contributed by atoms with Crippen molar-refractivity contribution in [2.24, 2.45) is 5.92 Å². The Balaban J connectivity index is 1.36. The summed E-state index contributed by atoms with van der Waals surface area (Å²) >= 11 is 0. The van der Waals surface area contributed by atoms with E-state index < -0.39 is 0 Å². The Morgan fingerprint density at radius 2 is 2.03 bits per heavy atom. The van der Waals surface area contributed by atoms with Crippen molar-refractivity contribution in [2.45, 2.75) is 31.7 Å². The lowest BCUT2D eigenvalue weighted by Gasteiger charge is -2.36. The average molecular weight is 398 g/mol. The molecule has 0 radical (unpaired) electrons. The molecule has 29 heavy (non-hydrogen) atoms. The fourth-order valence-corrected chi connectivity index (χ4v) is 4.36. The van der Waals surface area contributed by atoms with Crippen molar-refractivity contribution in [1.29, 1.82) is 0 Å². The zero-order valence-corrected chi connectivity index (χ0v) is 16.6. The summed E-state index contributed by atoms with van der Waals surface area (Å²) in [6.07, 6.45) is 4.99. The third kappa shape index (κ3) is 4.38. The van der Waals surface area contributed by atoms with E-state index in [4.69, 9.17) is 0 Å². The van der Waals surface area contributed by atoms with E-state index in [0.717, 1.165) is 31.5 Å². The zero-order valence-electron chi connectivity index (χ0n) is 16.6. The minimum atomic E-state index is -0.198. The van der Waals surface area contributed by atoms with Gasteiger partial charge in [-0.3, -0.25) is 15.6 Å². The van der Waals surface area contributed by atoms with E-state index in [1.54, 1.807) is 24.5 Å². The Morgan fingerprint density at radius 1 is 1.28 bits per heavy atom. The number of nitrogens with zero attached hydrogens (tertiary/aromatic N) is 3. The van der Waals surface area contributed by atoms with Crippen LogP contribution in [-0.4, -0.2) is 53.0 Å². The van der Waals surface area contributed by atoms with Gasteiger partial charge in [0.25, 0.3) is 5.91 Å². The molecule has 1 aromatic heterocycles. The molecule has 2 atom stereocenters. The Labute approximate surface area is 170 Å². The second-order valence-corrected chi connectivity index (χ2v) is 7.67. The highest BCUT2D eigenvalue weighted by Crippen LogP contribution is 2.32. The number of carbonyl (C=O) groups excluding carboxylic acids is 1. The number of amides is 1. The van der Waals surface area contributed by atoms with Gasteiger partial charge in [-0.2, -0.15) is 0 Å². The van der Waals surface area contributed by atoms with Gasteiger partial charge in [0.15, 0.2) is 0 Å². The van der Waals surface area contributed by atoms with E-state index in [0.29, 0.717) is 30.5 Å². The van der Waals surface area contributed by atoms with E-state index in [2.05, 4.69) is 26.1 Å². The second kappa shape index (κ2) is 8.84. The number of aromatic nitrogens is 2. The van der Waals surface area contributed by atoms with Crippen molar-refractivity contribution in [3.8, 4) is 0 Å². The van der Waals surface area contributed by atoms with Crippen LogP contribution in [0.5, 0.6) is 0 Å². The van der Waals surface area contributed by atoms with Gasteiger partial charge in [0.1, 0.15) is 5.82 Å².